The summed E-state index contributed by atoms with van der Waals surface area (Å²) in [5.74, 6) is 1.59. The largest absolute Gasteiger partial charge is 0.378 e. The fraction of sp³-hybridized carbons (Fsp3) is 0.778. The number of ether oxygens (including phenoxy) is 1. The molecule has 2 rings (SSSR count). The van der Waals surface area contributed by atoms with Crippen LogP contribution in [0.3, 0.4) is 0 Å². The van der Waals surface area contributed by atoms with E-state index in [2.05, 4.69) is 34.5 Å². The summed E-state index contributed by atoms with van der Waals surface area (Å²) < 4.78 is 5.98. The van der Waals surface area contributed by atoms with Gasteiger partial charge >= 0.3 is 0 Å². The van der Waals surface area contributed by atoms with Crippen molar-refractivity contribution in [2.75, 3.05) is 20.2 Å². The summed E-state index contributed by atoms with van der Waals surface area (Å²) in [4.78, 5) is 10.1. The van der Waals surface area contributed by atoms with Gasteiger partial charge in [0.2, 0.25) is 0 Å². The molecular formula is C18H33IN4OS. The molecule has 0 amide bonds. The Kier molecular flexibility index (Phi) is 10.9. The van der Waals surface area contributed by atoms with Crippen LogP contribution < -0.4 is 10.6 Å². The summed E-state index contributed by atoms with van der Waals surface area (Å²) in [5.41, 5.74) is 1.11. The lowest BCUT2D eigenvalue weighted by Crippen LogP contribution is -2.39. The molecule has 1 saturated carbocycles. The highest BCUT2D eigenvalue weighted by Crippen LogP contribution is 2.30. The van der Waals surface area contributed by atoms with Gasteiger partial charge in [-0.05, 0) is 46.0 Å². The van der Waals surface area contributed by atoms with Gasteiger partial charge in [-0.2, -0.15) is 0 Å². The van der Waals surface area contributed by atoms with E-state index in [-0.39, 0.29) is 24.0 Å². The van der Waals surface area contributed by atoms with Gasteiger partial charge in [0.05, 0.1) is 23.4 Å². The average Bonchev–Trinajstić information content (AvgIpc) is 3.19. The molecule has 0 spiro atoms. The van der Waals surface area contributed by atoms with Crippen LogP contribution in [-0.2, 0) is 11.3 Å². The van der Waals surface area contributed by atoms with E-state index in [0.29, 0.717) is 6.10 Å². The fourth-order valence-corrected chi connectivity index (χ4v) is 4.33. The Balaban J connectivity index is 0.00000312. The van der Waals surface area contributed by atoms with Gasteiger partial charge in [-0.15, -0.1) is 35.3 Å². The van der Waals surface area contributed by atoms with Gasteiger partial charge in [0.25, 0.3) is 0 Å². The number of thiazole rings is 1. The molecule has 1 aromatic rings. The minimum atomic E-state index is 0. The van der Waals surface area contributed by atoms with Crippen molar-refractivity contribution in [1.82, 2.24) is 15.6 Å². The van der Waals surface area contributed by atoms with E-state index >= 15 is 0 Å². The Morgan fingerprint density at radius 3 is 2.60 bits per heavy atom. The first-order chi connectivity index (χ1) is 11.6. The van der Waals surface area contributed by atoms with E-state index in [9.17, 15) is 0 Å². The SMILES string of the molecule is CCOC(CCNC(=NC)NCc1sc(C)nc1C)C1CCCC1.I. The third-order valence-electron chi connectivity index (χ3n) is 4.67. The molecule has 0 saturated heterocycles. The third-order valence-corrected chi connectivity index (χ3v) is 5.74. The standard InChI is InChI=1S/C18H32N4OS.HI/c1-5-23-16(15-8-6-7-9-15)10-11-20-18(19-4)21-12-17-13(2)22-14(3)24-17;/h15-16H,5-12H2,1-4H3,(H2,19,20,21);1H. The molecule has 1 aromatic heterocycles. The summed E-state index contributed by atoms with van der Waals surface area (Å²) in [6.07, 6.45) is 6.78. The Morgan fingerprint density at radius 2 is 2.04 bits per heavy atom. The molecule has 1 aliphatic carbocycles. The number of aliphatic imine (C=N–C) groups is 1. The van der Waals surface area contributed by atoms with Crippen LogP contribution in [0.2, 0.25) is 0 Å². The van der Waals surface area contributed by atoms with Crippen molar-refractivity contribution >= 4 is 41.3 Å². The number of nitrogens with one attached hydrogen (secondary N) is 2. The summed E-state index contributed by atoms with van der Waals surface area (Å²) in [5, 5.41) is 7.92. The molecule has 1 aliphatic rings. The molecular weight excluding hydrogens is 447 g/mol. The van der Waals surface area contributed by atoms with E-state index in [1.54, 1.807) is 11.3 Å². The maximum absolute atomic E-state index is 5.98. The zero-order valence-electron chi connectivity index (χ0n) is 15.9. The molecule has 2 N–H and O–H groups in total. The van der Waals surface area contributed by atoms with Crippen LogP contribution in [0.25, 0.3) is 0 Å². The van der Waals surface area contributed by atoms with Crippen LogP contribution in [0, 0.1) is 19.8 Å². The van der Waals surface area contributed by atoms with Crippen molar-refractivity contribution < 1.29 is 4.74 Å². The molecule has 0 radical (unpaired) electrons. The van der Waals surface area contributed by atoms with Crippen molar-refractivity contribution in [2.45, 2.75) is 65.5 Å². The van der Waals surface area contributed by atoms with Gasteiger partial charge in [0.1, 0.15) is 0 Å². The van der Waals surface area contributed by atoms with E-state index in [1.165, 1.54) is 30.6 Å². The van der Waals surface area contributed by atoms with Crippen LogP contribution in [0.15, 0.2) is 4.99 Å². The molecule has 7 heteroatoms. The third kappa shape index (κ3) is 7.38. The molecule has 25 heavy (non-hydrogen) atoms. The predicted molar refractivity (Wildman–Crippen MR) is 117 cm³/mol. The van der Waals surface area contributed by atoms with E-state index in [1.807, 2.05) is 14.0 Å². The maximum atomic E-state index is 5.98. The van der Waals surface area contributed by atoms with Crippen LogP contribution >= 0.6 is 35.3 Å². The zero-order valence-corrected chi connectivity index (χ0v) is 19.1. The molecule has 0 aromatic carbocycles. The van der Waals surface area contributed by atoms with Gasteiger partial charge in [-0.25, -0.2) is 4.98 Å². The first-order valence-corrected chi connectivity index (χ1v) is 9.94. The number of aryl methyl sites for hydroxylation is 2. The Hall–Kier alpha value is -0.410. The number of hydrogen-bond donors (Lipinski definition) is 2. The second-order valence-corrected chi connectivity index (χ2v) is 7.71. The van der Waals surface area contributed by atoms with Gasteiger partial charge in [0, 0.05) is 25.1 Å². The van der Waals surface area contributed by atoms with Crippen molar-refractivity contribution in [1.29, 1.82) is 0 Å². The fourth-order valence-electron chi connectivity index (χ4n) is 3.45. The highest BCUT2D eigenvalue weighted by molar-refractivity contribution is 14.0. The van der Waals surface area contributed by atoms with E-state index in [0.717, 1.165) is 48.7 Å². The number of aromatic nitrogens is 1. The first-order valence-electron chi connectivity index (χ1n) is 9.13. The topological polar surface area (TPSA) is 58.5 Å². The molecule has 0 bridgehead atoms. The van der Waals surface area contributed by atoms with Crippen LogP contribution in [-0.4, -0.2) is 37.2 Å². The summed E-state index contributed by atoms with van der Waals surface area (Å²) >= 11 is 1.74. The van der Waals surface area contributed by atoms with E-state index in [4.69, 9.17) is 4.74 Å². The molecule has 0 aliphatic heterocycles. The van der Waals surface area contributed by atoms with E-state index < -0.39 is 0 Å². The Bertz CT molecular complexity index is 529. The van der Waals surface area contributed by atoms with Gasteiger partial charge in [0.15, 0.2) is 5.96 Å². The second kappa shape index (κ2) is 12.1. The van der Waals surface area contributed by atoms with Crippen molar-refractivity contribution in [2.24, 2.45) is 10.9 Å². The van der Waals surface area contributed by atoms with Gasteiger partial charge in [-0.1, -0.05) is 12.8 Å². The summed E-state index contributed by atoms with van der Waals surface area (Å²) in [6.45, 7) is 8.67. The number of guanidine groups is 1. The lowest BCUT2D eigenvalue weighted by atomic mass is 9.98. The summed E-state index contributed by atoms with van der Waals surface area (Å²) in [6, 6.07) is 0. The number of halogens is 1. The average molecular weight is 480 g/mol. The predicted octanol–water partition coefficient (Wildman–Crippen LogP) is 4.03. The summed E-state index contributed by atoms with van der Waals surface area (Å²) in [7, 11) is 1.82. The zero-order chi connectivity index (χ0) is 17.4. The normalized spacial score (nSPS) is 16.6. The number of hydrogen-bond acceptors (Lipinski definition) is 4. The molecule has 1 heterocycles. The van der Waals surface area contributed by atoms with Crippen molar-refractivity contribution in [3.63, 3.8) is 0 Å². The van der Waals surface area contributed by atoms with Crippen LogP contribution in [0.1, 0.15) is 54.6 Å². The molecule has 1 atom stereocenters. The maximum Gasteiger partial charge on any atom is 0.191 e. The minimum absolute atomic E-state index is 0. The smallest absolute Gasteiger partial charge is 0.191 e. The lowest BCUT2D eigenvalue weighted by molar-refractivity contribution is 0.0169. The first kappa shape index (κ1) is 22.6. The Morgan fingerprint density at radius 1 is 1.32 bits per heavy atom. The van der Waals surface area contributed by atoms with Gasteiger partial charge in [-0.3, -0.25) is 4.99 Å². The molecule has 1 fully saturated rings. The number of nitrogens with zero attached hydrogens (tertiary/aromatic N) is 2. The van der Waals surface area contributed by atoms with Crippen molar-refractivity contribution in [3.05, 3.63) is 15.6 Å². The van der Waals surface area contributed by atoms with Crippen LogP contribution in [0.5, 0.6) is 0 Å². The number of rotatable bonds is 8. The second-order valence-electron chi connectivity index (χ2n) is 6.42. The highest BCUT2D eigenvalue weighted by Gasteiger charge is 2.25. The lowest BCUT2D eigenvalue weighted by Gasteiger charge is -2.24. The van der Waals surface area contributed by atoms with Crippen LogP contribution in [0.4, 0.5) is 0 Å². The molecule has 5 nitrogen and oxygen atoms in total. The molecule has 144 valence electrons. The quantitative estimate of drug-likeness (QED) is 0.335. The van der Waals surface area contributed by atoms with Gasteiger partial charge < -0.3 is 15.4 Å². The minimum Gasteiger partial charge on any atom is -0.378 e. The Labute approximate surface area is 173 Å². The molecule has 1 unspecified atom stereocenters. The highest BCUT2D eigenvalue weighted by atomic mass is 127. The monoisotopic (exact) mass is 480 g/mol. The van der Waals surface area contributed by atoms with Crippen molar-refractivity contribution in [3.8, 4) is 0 Å².